The summed E-state index contributed by atoms with van der Waals surface area (Å²) in [6.45, 7) is 8.26. The Morgan fingerprint density at radius 1 is 0.378 bits per heavy atom. The van der Waals surface area contributed by atoms with Crippen molar-refractivity contribution < 1.29 is 27.0 Å². The summed E-state index contributed by atoms with van der Waals surface area (Å²) >= 11 is 6.25. The monoisotopic (exact) mass is 984 g/mol. The number of hydrogen-bond acceptors (Lipinski definition) is 10. The second-order valence-corrected chi connectivity index (χ2v) is 20.1. The van der Waals surface area contributed by atoms with Gasteiger partial charge in [-0.3, -0.25) is 0 Å². The lowest BCUT2D eigenvalue weighted by atomic mass is 9.78. The Morgan fingerprint density at radius 3 is 1.31 bits per heavy atom. The van der Waals surface area contributed by atoms with Crippen molar-refractivity contribution in [1.29, 1.82) is 0 Å². The summed E-state index contributed by atoms with van der Waals surface area (Å²) in [5.41, 5.74) is 12.7. The Hall–Kier alpha value is -8.61. The molecule has 356 valence electrons. The Bertz CT molecular complexity index is 4530. The van der Waals surface area contributed by atoms with Gasteiger partial charge in [-0.15, -0.1) is 0 Å². The number of aromatic nitrogens is 4. The summed E-state index contributed by atoms with van der Waals surface area (Å²) < 4.78 is 37.9. The fourth-order valence-electron chi connectivity index (χ4n) is 10.1. The molecular weight excluding hydrogens is 943 g/mol. The molecule has 0 saturated carbocycles. The van der Waals surface area contributed by atoms with Crippen LogP contribution in [0.5, 0.6) is 0 Å². The van der Waals surface area contributed by atoms with Crippen LogP contribution in [0.15, 0.2) is 200 Å². The summed E-state index contributed by atoms with van der Waals surface area (Å²) in [7, 11) is -0.453. The Morgan fingerprint density at radius 2 is 0.797 bits per heavy atom. The van der Waals surface area contributed by atoms with Gasteiger partial charge in [0.05, 0.1) is 22.3 Å². The van der Waals surface area contributed by atoms with E-state index in [4.69, 9.17) is 58.5 Å². The average molecular weight is 985 g/mol. The van der Waals surface area contributed by atoms with Crippen molar-refractivity contribution in [1.82, 2.24) is 19.9 Å². The van der Waals surface area contributed by atoms with Crippen molar-refractivity contribution in [3.05, 3.63) is 187 Å². The largest absolute Gasteiger partial charge is 0.494 e. The lowest BCUT2D eigenvalue weighted by molar-refractivity contribution is 0.00578. The number of nitrogens with zero attached hydrogens (tertiary/aromatic N) is 4. The minimum atomic E-state index is -0.453. The molecule has 0 atom stereocenters. The first-order valence-electron chi connectivity index (χ1n) is 24.5. The molecule has 0 amide bonds. The molecule has 0 unspecified atom stereocenters. The number of para-hydroxylation sites is 4. The lowest BCUT2D eigenvalue weighted by Gasteiger charge is -2.32. The van der Waals surface area contributed by atoms with E-state index in [1.54, 1.807) is 0 Å². The fourth-order valence-corrected chi connectivity index (χ4v) is 10.2. The van der Waals surface area contributed by atoms with E-state index in [1.165, 1.54) is 0 Å². The standard InChI is InChI=1S/C34H27BN2O4.C28H15ClN2O2/c1-33(2)34(3,4)41-35(40-33)21-17-18-27-25(19-21)22-14-10-15-24(30(22)38-27)32-36-28(20-11-6-5-7-12-20)31-29(37-32)23-13-8-9-16-26(23)39-31;29-17-13-14-23-21(15-17)18-10-6-11-20(26(18)32-23)28-30-24(16-7-2-1-3-8-16)27-25(31-28)19-9-4-5-12-22(19)33-27/h5-19H,1-4H3;1-15H. The highest BCUT2D eigenvalue weighted by molar-refractivity contribution is 6.62. The zero-order valence-electron chi connectivity index (χ0n) is 40.5. The predicted octanol–water partition coefficient (Wildman–Crippen LogP) is 16.2. The van der Waals surface area contributed by atoms with Crippen molar-refractivity contribution in [3.8, 4) is 45.3 Å². The van der Waals surface area contributed by atoms with Gasteiger partial charge in [0, 0.05) is 48.5 Å². The van der Waals surface area contributed by atoms with Crippen LogP contribution in [0.4, 0.5) is 0 Å². The van der Waals surface area contributed by atoms with Crippen molar-refractivity contribution in [2.75, 3.05) is 0 Å². The number of rotatable bonds is 5. The van der Waals surface area contributed by atoms with Gasteiger partial charge < -0.3 is 27.0 Å². The predicted molar refractivity (Wildman–Crippen MR) is 296 cm³/mol. The first-order chi connectivity index (χ1) is 36.0. The van der Waals surface area contributed by atoms with Crippen molar-refractivity contribution >= 4 is 112 Å². The number of furan rings is 4. The topological polar surface area (TPSA) is 123 Å². The number of fused-ring (bicyclic) bond motifs is 12. The van der Waals surface area contributed by atoms with E-state index in [1.807, 2.05) is 170 Å². The molecule has 1 aliphatic rings. The molecule has 74 heavy (non-hydrogen) atoms. The van der Waals surface area contributed by atoms with Gasteiger partial charge in [-0.25, -0.2) is 19.9 Å². The molecule has 0 spiro atoms. The number of benzene rings is 8. The second-order valence-electron chi connectivity index (χ2n) is 19.6. The molecule has 15 rings (SSSR count). The molecule has 14 aromatic rings. The van der Waals surface area contributed by atoms with Gasteiger partial charge in [0.2, 0.25) is 0 Å². The van der Waals surface area contributed by atoms with Crippen molar-refractivity contribution in [3.63, 3.8) is 0 Å². The molecule has 1 fully saturated rings. The molecule has 8 aromatic carbocycles. The third-order valence-corrected chi connectivity index (χ3v) is 14.8. The summed E-state index contributed by atoms with van der Waals surface area (Å²) in [5.74, 6) is 1.17. The molecular formula is C62H42BClN4O6. The number of halogens is 1. The van der Waals surface area contributed by atoms with E-state index in [0.29, 0.717) is 27.8 Å². The lowest BCUT2D eigenvalue weighted by Crippen LogP contribution is -2.41. The minimum Gasteiger partial charge on any atom is -0.455 e. The molecule has 10 nitrogen and oxygen atoms in total. The molecule has 6 aromatic heterocycles. The Balaban J connectivity index is 0.000000140. The van der Waals surface area contributed by atoms with Gasteiger partial charge in [-0.05, 0) is 93.8 Å². The maximum atomic E-state index is 6.48. The van der Waals surface area contributed by atoms with Gasteiger partial charge in [0.1, 0.15) is 55.9 Å². The van der Waals surface area contributed by atoms with Crippen LogP contribution < -0.4 is 5.46 Å². The van der Waals surface area contributed by atoms with Crippen LogP contribution >= 0.6 is 11.6 Å². The van der Waals surface area contributed by atoms with Crippen molar-refractivity contribution in [2.24, 2.45) is 0 Å². The van der Waals surface area contributed by atoms with Gasteiger partial charge in [-0.1, -0.05) is 133 Å². The molecule has 0 N–H and O–H groups in total. The molecule has 1 aliphatic heterocycles. The molecule has 12 heteroatoms. The number of hydrogen-bond donors (Lipinski definition) is 0. The van der Waals surface area contributed by atoms with Crippen LogP contribution in [0.3, 0.4) is 0 Å². The third kappa shape index (κ3) is 7.10. The third-order valence-electron chi connectivity index (χ3n) is 14.5. The maximum absolute atomic E-state index is 6.48. The van der Waals surface area contributed by atoms with Gasteiger partial charge >= 0.3 is 7.12 Å². The van der Waals surface area contributed by atoms with E-state index in [9.17, 15) is 0 Å². The minimum absolute atomic E-state index is 0.415. The van der Waals surface area contributed by atoms with Crippen LogP contribution in [0.25, 0.3) is 133 Å². The quantitative estimate of drug-likeness (QED) is 0.154. The smallest absolute Gasteiger partial charge is 0.455 e. The van der Waals surface area contributed by atoms with Crippen LogP contribution in [0.2, 0.25) is 5.02 Å². The summed E-state index contributed by atoms with van der Waals surface area (Å²) in [4.78, 5) is 20.1. The fraction of sp³-hybridized carbons (Fsp3) is 0.0968. The van der Waals surface area contributed by atoms with Crippen molar-refractivity contribution in [2.45, 2.75) is 38.9 Å². The van der Waals surface area contributed by atoms with Gasteiger partial charge in [0.15, 0.2) is 22.8 Å². The first-order valence-corrected chi connectivity index (χ1v) is 24.8. The average Bonchev–Trinajstić information content (AvgIpc) is 4.24. The van der Waals surface area contributed by atoms with E-state index in [0.717, 1.165) is 116 Å². The van der Waals surface area contributed by atoms with E-state index in [2.05, 4.69) is 39.8 Å². The van der Waals surface area contributed by atoms with Crippen LogP contribution in [0.1, 0.15) is 27.7 Å². The zero-order valence-corrected chi connectivity index (χ0v) is 41.3. The summed E-state index contributed by atoms with van der Waals surface area (Å²) in [6, 6.07) is 59.9. The molecule has 0 bridgehead atoms. The van der Waals surface area contributed by atoms with Crippen LogP contribution in [-0.4, -0.2) is 38.3 Å². The molecule has 7 heterocycles. The molecule has 0 radical (unpaired) electrons. The first kappa shape index (κ1) is 44.1. The van der Waals surface area contributed by atoms with E-state index in [-0.39, 0.29) is 0 Å². The maximum Gasteiger partial charge on any atom is 0.494 e. The highest BCUT2D eigenvalue weighted by Crippen LogP contribution is 2.42. The van der Waals surface area contributed by atoms with Gasteiger partial charge in [0.25, 0.3) is 0 Å². The SMILES string of the molecule is CC1(C)OB(c2ccc3oc4c(-c5nc(-c6ccccc6)c6oc7ccccc7c6n5)cccc4c3c2)OC1(C)C.Clc1ccc2oc3c(-c4nc(-c5ccccc5)c5oc6ccccc6c5n4)cccc3c2c1. The molecule has 1 saturated heterocycles. The summed E-state index contributed by atoms with van der Waals surface area (Å²) in [6.07, 6.45) is 0. The van der Waals surface area contributed by atoms with E-state index < -0.39 is 18.3 Å². The van der Waals surface area contributed by atoms with Crippen LogP contribution in [-0.2, 0) is 9.31 Å². The highest BCUT2D eigenvalue weighted by Gasteiger charge is 2.51. The normalized spacial score (nSPS) is 14.4. The second kappa shape index (κ2) is 16.7. The Labute approximate surface area is 428 Å². The summed E-state index contributed by atoms with van der Waals surface area (Å²) in [5, 5.41) is 6.50. The van der Waals surface area contributed by atoms with Crippen LogP contribution in [0, 0.1) is 0 Å². The van der Waals surface area contributed by atoms with E-state index >= 15 is 0 Å². The zero-order chi connectivity index (χ0) is 49.9. The van der Waals surface area contributed by atoms with Gasteiger partial charge in [-0.2, -0.15) is 0 Å². The molecule has 0 aliphatic carbocycles. The Kier molecular flexibility index (Phi) is 9.97. The highest BCUT2D eigenvalue weighted by atomic mass is 35.5.